The fourth-order valence-corrected chi connectivity index (χ4v) is 3.21. The van der Waals surface area contributed by atoms with Crippen LogP contribution in [0.1, 0.15) is 43.1 Å². The summed E-state index contributed by atoms with van der Waals surface area (Å²) in [5, 5.41) is 0. The smallest absolute Gasteiger partial charge is 0.158 e. The summed E-state index contributed by atoms with van der Waals surface area (Å²) in [5.74, 6) is 0.825. The predicted molar refractivity (Wildman–Crippen MR) is 77.4 cm³/mol. The summed E-state index contributed by atoms with van der Waals surface area (Å²) < 4.78 is 5.99. The zero-order chi connectivity index (χ0) is 14.1. The summed E-state index contributed by atoms with van der Waals surface area (Å²) in [7, 11) is 0. The van der Waals surface area contributed by atoms with Crippen LogP contribution in [-0.2, 0) is 11.2 Å². The Morgan fingerprint density at radius 3 is 3.15 bits per heavy atom. The first-order valence-electron chi connectivity index (χ1n) is 7.57. The van der Waals surface area contributed by atoms with Crippen molar-refractivity contribution in [2.45, 2.75) is 51.3 Å². The van der Waals surface area contributed by atoms with E-state index in [4.69, 9.17) is 10.5 Å². The third kappa shape index (κ3) is 3.00. The van der Waals surface area contributed by atoms with Gasteiger partial charge >= 0.3 is 0 Å². The first kappa shape index (κ1) is 13.9. The summed E-state index contributed by atoms with van der Waals surface area (Å²) in [6.45, 7) is 6.93. The standard InChI is InChI=1S/C15H24N4O/c1-10(16)6-12-7-11(2)17-15(18-12)14-8-19-5-3-4-13(19)9-20-14/h7,10,13-14H,3-6,8-9,16H2,1-2H3. The first-order chi connectivity index (χ1) is 9.61. The minimum absolute atomic E-state index is 0.0103. The maximum atomic E-state index is 5.99. The lowest BCUT2D eigenvalue weighted by atomic mass is 10.1. The normalized spacial score (nSPS) is 28.4. The zero-order valence-electron chi connectivity index (χ0n) is 12.4. The molecule has 2 aliphatic rings. The largest absolute Gasteiger partial charge is 0.367 e. The Morgan fingerprint density at radius 2 is 2.35 bits per heavy atom. The number of aromatic nitrogens is 2. The first-order valence-corrected chi connectivity index (χ1v) is 7.57. The van der Waals surface area contributed by atoms with Crippen LogP contribution in [0.3, 0.4) is 0 Å². The van der Waals surface area contributed by atoms with Gasteiger partial charge in [-0.05, 0) is 39.3 Å². The van der Waals surface area contributed by atoms with Crippen LogP contribution in [0.2, 0.25) is 0 Å². The number of hydrogen-bond acceptors (Lipinski definition) is 5. The molecule has 5 nitrogen and oxygen atoms in total. The molecular formula is C15H24N4O. The quantitative estimate of drug-likeness (QED) is 0.899. The van der Waals surface area contributed by atoms with Crippen molar-refractivity contribution >= 4 is 0 Å². The third-order valence-electron chi connectivity index (χ3n) is 4.13. The number of morpholine rings is 1. The van der Waals surface area contributed by atoms with E-state index in [0.29, 0.717) is 6.04 Å². The highest BCUT2D eigenvalue weighted by atomic mass is 16.5. The molecule has 2 fully saturated rings. The monoisotopic (exact) mass is 276 g/mol. The molecule has 0 bridgehead atoms. The molecule has 3 unspecified atom stereocenters. The lowest BCUT2D eigenvalue weighted by Gasteiger charge is -2.34. The van der Waals surface area contributed by atoms with Crippen molar-refractivity contribution in [1.82, 2.24) is 14.9 Å². The molecule has 3 heterocycles. The van der Waals surface area contributed by atoms with Gasteiger partial charge in [-0.2, -0.15) is 0 Å². The van der Waals surface area contributed by atoms with E-state index in [2.05, 4.69) is 14.9 Å². The van der Waals surface area contributed by atoms with Gasteiger partial charge in [-0.3, -0.25) is 4.90 Å². The van der Waals surface area contributed by atoms with Crippen LogP contribution in [0.5, 0.6) is 0 Å². The van der Waals surface area contributed by atoms with E-state index in [1.54, 1.807) is 0 Å². The van der Waals surface area contributed by atoms with Crippen molar-refractivity contribution in [2.75, 3.05) is 19.7 Å². The summed E-state index contributed by atoms with van der Waals surface area (Å²) >= 11 is 0. The van der Waals surface area contributed by atoms with Crippen molar-refractivity contribution < 1.29 is 4.74 Å². The number of rotatable bonds is 3. The van der Waals surface area contributed by atoms with Gasteiger partial charge < -0.3 is 10.5 Å². The van der Waals surface area contributed by atoms with Crippen molar-refractivity contribution in [3.8, 4) is 0 Å². The number of ether oxygens (including phenoxy) is 1. The maximum absolute atomic E-state index is 5.99. The molecule has 5 heteroatoms. The Bertz CT molecular complexity index is 477. The minimum atomic E-state index is 0.0103. The summed E-state index contributed by atoms with van der Waals surface area (Å²) in [6.07, 6.45) is 3.34. The van der Waals surface area contributed by atoms with Gasteiger partial charge in [0.25, 0.3) is 0 Å². The molecule has 2 aliphatic heterocycles. The highest BCUT2D eigenvalue weighted by molar-refractivity contribution is 5.13. The van der Waals surface area contributed by atoms with Crippen molar-refractivity contribution in [3.63, 3.8) is 0 Å². The second-order valence-electron chi connectivity index (χ2n) is 6.15. The molecule has 0 saturated carbocycles. The molecule has 20 heavy (non-hydrogen) atoms. The second-order valence-corrected chi connectivity index (χ2v) is 6.15. The van der Waals surface area contributed by atoms with Gasteiger partial charge in [-0.1, -0.05) is 0 Å². The van der Waals surface area contributed by atoms with Gasteiger partial charge in [-0.25, -0.2) is 9.97 Å². The molecule has 0 aromatic carbocycles. The highest BCUT2D eigenvalue weighted by Gasteiger charge is 2.34. The van der Waals surface area contributed by atoms with Crippen LogP contribution in [0.15, 0.2) is 6.07 Å². The minimum Gasteiger partial charge on any atom is -0.367 e. The molecule has 110 valence electrons. The average molecular weight is 276 g/mol. The van der Waals surface area contributed by atoms with Gasteiger partial charge in [0.15, 0.2) is 5.82 Å². The van der Waals surface area contributed by atoms with Gasteiger partial charge in [0.2, 0.25) is 0 Å². The van der Waals surface area contributed by atoms with Crippen LogP contribution in [0.25, 0.3) is 0 Å². The maximum Gasteiger partial charge on any atom is 0.158 e. The molecule has 1 aromatic heterocycles. The highest BCUT2D eigenvalue weighted by Crippen LogP contribution is 2.28. The van der Waals surface area contributed by atoms with E-state index in [1.807, 2.05) is 19.9 Å². The molecule has 3 atom stereocenters. The fraction of sp³-hybridized carbons (Fsp3) is 0.733. The molecule has 2 N–H and O–H groups in total. The SMILES string of the molecule is Cc1cc(CC(C)N)nc(C2CN3CCCC3CO2)n1. The van der Waals surface area contributed by atoms with Crippen LogP contribution in [-0.4, -0.2) is 46.6 Å². The van der Waals surface area contributed by atoms with Crippen molar-refractivity contribution in [2.24, 2.45) is 5.73 Å². The fourth-order valence-electron chi connectivity index (χ4n) is 3.21. The molecule has 3 rings (SSSR count). The van der Waals surface area contributed by atoms with E-state index in [0.717, 1.165) is 36.8 Å². The van der Waals surface area contributed by atoms with Crippen LogP contribution in [0.4, 0.5) is 0 Å². The van der Waals surface area contributed by atoms with E-state index < -0.39 is 0 Å². The van der Waals surface area contributed by atoms with Gasteiger partial charge in [-0.15, -0.1) is 0 Å². The number of fused-ring (bicyclic) bond motifs is 1. The Kier molecular flexibility index (Phi) is 4.01. The molecule has 0 spiro atoms. The second kappa shape index (κ2) is 5.76. The number of aryl methyl sites for hydroxylation is 1. The lowest BCUT2D eigenvalue weighted by molar-refractivity contribution is -0.0542. The number of nitrogens with two attached hydrogens (primary N) is 1. The van der Waals surface area contributed by atoms with Crippen LogP contribution < -0.4 is 5.73 Å². The van der Waals surface area contributed by atoms with Crippen LogP contribution in [0, 0.1) is 6.92 Å². The molecule has 1 aromatic rings. The summed E-state index contributed by atoms with van der Waals surface area (Å²) in [5.41, 5.74) is 7.89. The zero-order valence-corrected chi connectivity index (χ0v) is 12.4. The van der Waals surface area contributed by atoms with Gasteiger partial charge in [0.05, 0.1) is 6.61 Å². The third-order valence-corrected chi connectivity index (χ3v) is 4.13. The van der Waals surface area contributed by atoms with Crippen LogP contribution >= 0.6 is 0 Å². The molecule has 0 aliphatic carbocycles. The van der Waals surface area contributed by atoms with Gasteiger partial charge in [0.1, 0.15) is 6.10 Å². The number of hydrogen-bond donors (Lipinski definition) is 1. The molecule has 0 radical (unpaired) electrons. The van der Waals surface area contributed by atoms with E-state index in [1.165, 1.54) is 19.4 Å². The predicted octanol–water partition coefficient (Wildman–Crippen LogP) is 1.21. The topological polar surface area (TPSA) is 64.3 Å². The lowest BCUT2D eigenvalue weighted by Crippen LogP contribution is -2.43. The Balaban J connectivity index is 1.77. The summed E-state index contributed by atoms with van der Waals surface area (Å²) in [4.78, 5) is 11.8. The molecule has 0 amide bonds. The Morgan fingerprint density at radius 1 is 1.50 bits per heavy atom. The summed E-state index contributed by atoms with van der Waals surface area (Å²) in [6, 6.07) is 2.75. The van der Waals surface area contributed by atoms with E-state index >= 15 is 0 Å². The van der Waals surface area contributed by atoms with Gasteiger partial charge in [0, 0.05) is 36.4 Å². The Labute approximate surface area is 120 Å². The Hall–Kier alpha value is -1.04. The van der Waals surface area contributed by atoms with E-state index in [-0.39, 0.29) is 12.1 Å². The molecule has 2 saturated heterocycles. The van der Waals surface area contributed by atoms with E-state index in [9.17, 15) is 0 Å². The average Bonchev–Trinajstić information content (AvgIpc) is 2.84. The number of nitrogens with zero attached hydrogens (tertiary/aromatic N) is 3. The van der Waals surface area contributed by atoms with Crippen molar-refractivity contribution in [3.05, 3.63) is 23.3 Å². The molecular weight excluding hydrogens is 252 g/mol. The van der Waals surface area contributed by atoms with Crippen molar-refractivity contribution in [1.29, 1.82) is 0 Å².